The van der Waals surface area contributed by atoms with E-state index in [9.17, 15) is 4.39 Å². The lowest BCUT2D eigenvalue weighted by atomic mass is 9.89. The summed E-state index contributed by atoms with van der Waals surface area (Å²) in [6.07, 6.45) is 4.11. The fourth-order valence-electron chi connectivity index (χ4n) is 4.31. The Balaban J connectivity index is 1.24. The van der Waals surface area contributed by atoms with E-state index in [0.717, 1.165) is 48.1 Å². The molecule has 1 fully saturated rings. The summed E-state index contributed by atoms with van der Waals surface area (Å²) in [6, 6.07) is 12.6. The SMILES string of the molecule is COc1ccccc1-c1noc(CN2CCC(c3c[nH]c4cc(F)ccc34)CC2)n1. The van der Waals surface area contributed by atoms with Gasteiger partial charge in [0.05, 0.1) is 19.2 Å². The highest BCUT2D eigenvalue weighted by Crippen LogP contribution is 2.34. The minimum atomic E-state index is -0.210. The fraction of sp³-hybridized carbons (Fsp3) is 0.304. The third kappa shape index (κ3) is 3.57. The van der Waals surface area contributed by atoms with Crippen LogP contribution in [0.4, 0.5) is 4.39 Å². The van der Waals surface area contributed by atoms with Crippen LogP contribution in [0.5, 0.6) is 5.75 Å². The smallest absolute Gasteiger partial charge is 0.241 e. The molecule has 0 radical (unpaired) electrons. The summed E-state index contributed by atoms with van der Waals surface area (Å²) in [5, 5.41) is 5.25. The summed E-state index contributed by atoms with van der Waals surface area (Å²) < 4.78 is 24.3. The van der Waals surface area contributed by atoms with Crippen molar-refractivity contribution in [3.8, 4) is 17.1 Å². The van der Waals surface area contributed by atoms with Gasteiger partial charge in [-0.25, -0.2) is 4.39 Å². The van der Waals surface area contributed by atoms with Crippen molar-refractivity contribution in [1.29, 1.82) is 0 Å². The van der Waals surface area contributed by atoms with Gasteiger partial charge in [-0.3, -0.25) is 4.90 Å². The monoisotopic (exact) mass is 406 g/mol. The normalized spacial score (nSPS) is 15.7. The van der Waals surface area contributed by atoms with Gasteiger partial charge in [0.1, 0.15) is 11.6 Å². The van der Waals surface area contributed by atoms with Gasteiger partial charge in [0, 0.05) is 17.1 Å². The first-order valence-corrected chi connectivity index (χ1v) is 10.2. The number of methoxy groups -OCH3 is 1. The molecule has 2 aromatic heterocycles. The van der Waals surface area contributed by atoms with Crippen molar-refractivity contribution in [2.24, 2.45) is 0 Å². The number of rotatable bonds is 5. The third-order valence-corrected chi connectivity index (χ3v) is 5.88. The zero-order valence-corrected chi connectivity index (χ0v) is 16.8. The van der Waals surface area contributed by atoms with Crippen LogP contribution in [0.2, 0.25) is 0 Å². The number of nitrogens with zero attached hydrogens (tertiary/aromatic N) is 3. The van der Waals surface area contributed by atoms with Crippen LogP contribution in [0.15, 0.2) is 53.2 Å². The van der Waals surface area contributed by atoms with Crippen LogP contribution < -0.4 is 4.74 Å². The molecule has 0 unspecified atom stereocenters. The van der Waals surface area contributed by atoms with Crippen molar-refractivity contribution < 1.29 is 13.7 Å². The van der Waals surface area contributed by atoms with Crippen LogP contribution in [-0.2, 0) is 6.54 Å². The fourth-order valence-corrected chi connectivity index (χ4v) is 4.31. The molecule has 0 bridgehead atoms. The molecule has 154 valence electrons. The van der Waals surface area contributed by atoms with Gasteiger partial charge in [0.2, 0.25) is 11.7 Å². The summed E-state index contributed by atoms with van der Waals surface area (Å²) in [6.45, 7) is 2.53. The molecule has 0 amide bonds. The number of ether oxygens (including phenoxy) is 1. The Morgan fingerprint density at radius 2 is 2.03 bits per heavy atom. The van der Waals surface area contributed by atoms with E-state index in [0.29, 0.717) is 24.2 Å². The number of H-pyrrole nitrogens is 1. The molecular formula is C23H23FN4O2. The maximum atomic E-state index is 13.4. The Kier molecular flexibility index (Phi) is 4.96. The van der Waals surface area contributed by atoms with E-state index >= 15 is 0 Å². The topological polar surface area (TPSA) is 67.2 Å². The zero-order valence-electron chi connectivity index (χ0n) is 16.8. The molecule has 2 aromatic carbocycles. The highest BCUT2D eigenvalue weighted by Gasteiger charge is 2.24. The molecule has 0 spiro atoms. The Bertz CT molecular complexity index is 1160. The van der Waals surface area contributed by atoms with Gasteiger partial charge in [0.25, 0.3) is 0 Å². The van der Waals surface area contributed by atoms with Crippen LogP contribution in [0, 0.1) is 5.82 Å². The first-order chi connectivity index (χ1) is 14.7. The Morgan fingerprint density at radius 3 is 2.87 bits per heavy atom. The molecule has 0 aliphatic carbocycles. The molecule has 3 heterocycles. The van der Waals surface area contributed by atoms with E-state index in [2.05, 4.69) is 20.0 Å². The van der Waals surface area contributed by atoms with Crippen molar-refractivity contribution in [2.75, 3.05) is 20.2 Å². The average Bonchev–Trinajstić information content (AvgIpc) is 3.41. The van der Waals surface area contributed by atoms with Crippen molar-refractivity contribution >= 4 is 10.9 Å². The van der Waals surface area contributed by atoms with Crippen LogP contribution in [-0.4, -0.2) is 40.2 Å². The summed E-state index contributed by atoms with van der Waals surface area (Å²) in [4.78, 5) is 10.1. The number of hydrogen-bond donors (Lipinski definition) is 1. The van der Waals surface area contributed by atoms with E-state index in [1.54, 1.807) is 13.2 Å². The van der Waals surface area contributed by atoms with E-state index < -0.39 is 0 Å². The van der Waals surface area contributed by atoms with E-state index in [1.807, 2.05) is 36.5 Å². The highest BCUT2D eigenvalue weighted by atomic mass is 19.1. The largest absolute Gasteiger partial charge is 0.496 e. The Morgan fingerprint density at radius 1 is 1.20 bits per heavy atom. The Labute approximate surface area is 173 Å². The maximum Gasteiger partial charge on any atom is 0.241 e. The summed E-state index contributed by atoms with van der Waals surface area (Å²) in [5.74, 6) is 2.13. The lowest BCUT2D eigenvalue weighted by Crippen LogP contribution is -2.32. The van der Waals surface area contributed by atoms with Crippen LogP contribution in [0.3, 0.4) is 0 Å². The molecule has 1 saturated heterocycles. The predicted octanol–water partition coefficient (Wildman–Crippen LogP) is 4.75. The summed E-state index contributed by atoms with van der Waals surface area (Å²) >= 11 is 0. The van der Waals surface area contributed by atoms with Crippen molar-refractivity contribution in [3.63, 3.8) is 0 Å². The number of para-hydroxylation sites is 1. The van der Waals surface area contributed by atoms with Gasteiger partial charge < -0.3 is 14.2 Å². The molecular weight excluding hydrogens is 383 g/mol. The maximum absolute atomic E-state index is 13.4. The second kappa shape index (κ2) is 7.91. The van der Waals surface area contributed by atoms with E-state index in [-0.39, 0.29) is 5.82 Å². The van der Waals surface area contributed by atoms with Crippen LogP contribution in [0.25, 0.3) is 22.3 Å². The second-order valence-electron chi connectivity index (χ2n) is 7.70. The first kappa shape index (κ1) is 18.8. The van der Waals surface area contributed by atoms with E-state index in [4.69, 9.17) is 9.26 Å². The molecule has 4 aromatic rings. The number of nitrogens with one attached hydrogen (secondary N) is 1. The molecule has 0 atom stereocenters. The van der Waals surface area contributed by atoms with Gasteiger partial charge in [0.15, 0.2) is 0 Å². The number of likely N-dealkylation sites (tertiary alicyclic amines) is 1. The number of fused-ring (bicyclic) bond motifs is 1. The van der Waals surface area contributed by atoms with Gasteiger partial charge in [-0.15, -0.1) is 0 Å². The molecule has 1 aliphatic rings. The lowest BCUT2D eigenvalue weighted by molar-refractivity contribution is 0.181. The zero-order chi connectivity index (χ0) is 20.5. The predicted molar refractivity (Wildman–Crippen MR) is 112 cm³/mol. The summed E-state index contributed by atoms with van der Waals surface area (Å²) in [7, 11) is 1.63. The number of halogens is 1. The number of aromatic amines is 1. The molecule has 6 nitrogen and oxygen atoms in total. The quantitative estimate of drug-likeness (QED) is 0.518. The van der Waals surface area contributed by atoms with Gasteiger partial charge >= 0.3 is 0 Å². The van der Waals surface area contributed by atoms with E-state index in [1.165, 1.54) is 11.6 Å². The van der Waals surface area contributed by atoms with Gasteiger partial charge in [-0.05, 0) is 67.7 Å². The lowest BCUT2D eigenvalue weighted by Gasteiger charge is -2.30. The first-order valence-electron chi connectivity index (χ1n) is 10.2. The standard InChI is InChI=1S/C23H23FN4O2/c1-29-21-5-3-2-4-18(21)23-26-22(30-27-23)14-28-10-8-15(9-11-28)19-13-25-20-12-16(24)6-7-17(19)20/h2-7,12-13,15,25H,8-11,14H2,1H3. The molecule has 7 heteroatoms. The minimum Gasteiger partial charge on any atom is -0.496 e. The molecule has 1 aliphatic heterocycles. The highest BCUT2D eigenvalue weighted by molar-refractivity contribution is 5.83. The number of aromatic nitrogens is 3. The number of benzene rings is 2. The Hall–Kier alpha value is -3.19. The van der Waals surface area contributed by atoms with Crippen LogP contribution in [0.1, 0.15) is 30.2 Å². The summed E-state index contributed by atoms with van der Waals surface area (Å²) in [5.41, 5.74) is 2.97. The van der Waals surface area contributed by atoms with Crippen molar-refractivity contribution in [1.82, 2.24) is 20.0 Å². The van der Waals surface area contributed by atoms with Crippen molar-refractivity contribution in [3.05, 3.63) is 65.9 Å². The van der Waals surface area contributed by atoms with Gasteiger partial charge in [-0.2, -0.15) is 4.98 Å². The average molecular weight is 406 g/mol. The second-order valence-corrected chi connectivity index (χ2v) is 7.70. The third-order valence-electron chi connectivity index (χ3n) is 5.88. The van der Waals surface area contributed by atoms with Gasteiger partial charge in [-0.1, -0.05) is 17.3 Å². The molecule has 0 saturated carbocycles. The molecule has 30 heavy (non-hydrogen) atoms. The minimum absolute atomic E-state index is 0.210. The molecule has 5 rings (SSSR count). The number of piperidine rings is 1. The van der Waals surface area contributed by atoms with Crippen molar-refractivity contribution in [2.45, 2.75) is 25.3 Å². The number of hydrogen-bond acceptors (Lipinski definition) is 5. The molecule has 1 N–H and O–H groups in total. The van der Waals surface area contributed by atoms with Crippen LogP contribution >= 0.6 is 0 Å².